The fourth-order valence-corrected chi connectivity index (χ4v) is 4.59. The first-order valence-electron chi connectivity index (χ1n) is 9.25. The third-order valence-electron chi connectivity index (χ3n) is 4.92. The van der Waals surface area contributed by atoms with Gasteiger partial charge in [0.1, 0.15) is 5.75 Å². The number of benzene rings is 1. The van der Waals surface area contributed by atoms with E-state index >= 15 is 0 Å². The highest BCUT2D eigenvalue weighted by molar-refractivity contribution is 7.88. The van der Waals surface area contributed by atoms with Crippen LogP contribution in [-0.4, -0.2) is 45.0 Å². The molecule has 146 valence electrons. The molecule has 1 N–H and O–H groups in total. The van der Waals surface area contributed by atoms with Crippen LogP contribution < -0.4 is 9.46 Å². The Morgan fingerprint density at radius 2 is 1.96 bits per heavy atom. The predicted molar refractivity (Wildman–Crippen MR) is 106 cm³/mol. The summed E-state index contributed by atoms with van der Waals surface area (Å²) < 4.78 is 32.7. The molecule has 27 heavy (non-hydrogen) atoms. The molecular formula is C20H27N3O3S. The molecule has 1 aromatic carbocycles. The number of rotatable bonds is 8. The largest absolute Gasteiger partial charge is 0.497 e. The second-order valence-corrected chi connectivity index (χ2v) is 8.85. The maximum Gasteiger partial charge on any atom is 0.215 e. The maximum absolute atomic E-state index is 12.4. The van der Waals surface area contributed by atoms with Crippen molar-refractivity contribution in [2.45, 2.75) is 25.1 Å². The second kappa shape index (κ2) is 9.30. The van der Waals surface area contributed by atoms with E-state index in [2.05, 4.69) is 20.7 Å². The number of hydrogen-bond donors (Lipinski definition) is 1. The molecule has 1 fully saturated rings. The number of sulfonamides is 1. The lowest BCUT2D eigenvalue weighted by atomic mass is 9.97. The van der Waals surface area contributed by atoms with Crippen LogP contribution in [0.3, 0.4) is 0 Å². The van der Waals surface area contributed by atoms with Gasteiger partial charge in [-0.25, -0.2) is 13.1 Å². The molecule has 2 heterocycles. The van der Waals surface area contributed by atoms with Gasteiger partial charge in [0.05, 0.1) is 12.9 Å². The summed E-state index contributed by atoms with van der Waals surface area (Å²) in [7, 11) is -1.77. The molecule has 1 aliphatic rings. The summed E-state index contributed by atoms with van der Waals surface area (Å²) >= 11 is 0. The van der Waals surface area contributed by atoms with Gasteiger partial charge in [-0.1, -0.05) is 18.2 Å². The van der Waals surface area contributed by atoms with Crippen LogP contribution in [0, 0.1) is 5.92 Å². The van der Waals surface area contributed by atoms with Crippen molar-refractivity contribution in [1.82, 2.24) is 14.6 Å². The highest BCUT2D eigenvalue weighted by Crippen LogP contribution is 2.19. The molecule has 0 saturated carbocycles. The molecule has 0 spiro atoms. The average molecular weight is 390 g/mol. The fraction of sp³-hybridized carbons (Fsp3) is 0.450. The van der Waals surface area contributed by atoms with E-state index in [1.54, 1.807) is 25.4 Å². The summed E-state index contributed by atoms with van der Waals surface area (Å²) in [4.78, 5) is 6.56. The molecule has 0 aliphatic carbocycles. The Labute approximate surface area is 161 Å². The summed E-state index contributed by atoms with van der Waals surface area (Å²) in [6, 6.07) is 11.2. The van der Waals surface area contributed by atoms with Gasteiger partial charge in [-0.2, -0.15) is 0 Å². The fourth-order valence-electron chi connectivity index (χ4n) is 3.38. The van der Waals surface area contributed by atoms with E-state index in [4.69, 9.17) is 4.74 Å². The summed E-state index contributed by atoms with van der Waals surface area (Å²) in [6.07, 6.45) is 5.69. The van der Waals surface area contributed by atoms with Gasteiger partial charge in [0.15, 0.2) is 0 Å². The number of likely N-dealkylation sites (tertiary alicyclic amines) is 1. The molecule has 0 unspecified atom stereocenters. The van der Waals surface area contributed by atoms with Gasteiger partial charge in [0.25, 0.3) is 0 Å². The summed E-state index contributed by atoms with van der Waals surface area (Å²) in [5.41, 5.74) is 1.95. The Morgan fingerprint density at radius 3 is 2.67 bits per heavy atom. The molecule has 3 rings (SSSR count). The van der Waals surface area contributed by atoms with Crippen LogP contribution in [0.4, 0.5) is 0 Å². The van der Waals surface area contributed by atoms with E-state index in [0.29, 0.717) is 18.2 Å². The van der Waals surface area contributed by atoms with Gasteiger partial charge >= 0.3 is 0 Å². The first-order valence-corrected chi connectivity index (χ1v) is 10.9. The minimum absolute atomic E-state index is 0.0238. The Kier molecular flexibility index (Phi) is 6.82. The Bertz CT molecular complexity index is 819. The van der Waals surface area contributed by atoms with Gasteiger partial charge in [0.2, 0.25) is 10.0 Å². The van der Waals surface area contributed by atoms with Crippen LogP contribution in [0.15, 0.2) is 48.8 Å². The van der Waals surface area contributed by atoms with Crippen molar-refractivity contribution in [3.05, 3.63) is 59.9 Å². The predicted octanol–water partition coefficient (Wildman–Crippen LogP) is 2.42. The Hall–Kier alpha value is -1.96. The van der Waals surface area contributed by atoms with Gasteiger partial charge in [0, 0.05) is 25.5 Å². The zero-order valence-electron chi connectivity index (χ0n) is 15.7. The van der Waals surface area contributed by atoms with Crippen molar-refractivity contribution in [3.63, 3.8) is 0 Å². The second-order valence-electron chi connectivity index (χ2n) is 7.04. The monoisotopic (exact) mass is 389 g/mol. The number of aromatic nitrogens is 1. The van der Waals surface area contributed by atoms with Gasteiger partial charge < -0.3 is 4.74 Å². The summed E-state index contributed by atoms with van der Waals surface area (Å²) in [6.45, 7) is 3.38. The van der Waals surface area contributed by atoms with Crippen LogP contribution in [0.1, 0.15) is 24.0 Å². The summed E-state index contributed by atoms with van der Waals surface area (Å²) in [5.74, 6) is 1.03. The number of hydrogen-bond acceptors (Lipinski definition) is 5. The maximum atomic E-state index is 12.4. The SMILES string of the molecule is COc1cccc(CS(=O)(=O)NCC2CCN(Cc3cccnc3)CC2)c1. The van der Waals surface area contributed by atoms with Crippen molar-refractivity contribution in [2.24, 2.45) is 5.92 Å². The lowest BCUT2D eigenvalue weighted by molar-refractivity contribution is 0.178. The van der Waals surface area contributed by atoms with E-state index in [1.165, 1.54) is 5.56 Å². The molecule has 0 bridgehead atoms. The molecule has 1 aromatic heterocycles. The molecular weight excluding hydrogens is 362 g/mol. The zero-order valence-corrected chi connectivity index (χ0v) is 16.5. The molecule has 0 atom stereocenters. The quantitative estimate of drug-likeness (QED) is 0.751. The van der Waals surface area contributed by atoms with Crippen molar-refractivity contribution >= 4 is 10.0 Å². The third-order valence-corrected chi connectivity index (χ3v) is 6.24. The molecule has 1 saturated heterocycles. The van der Waals surface area contributed by atoms with Crippen LogP contribution >= 0.6 is 0 Å². The first-order chi connectivity index (χ1) is 13.0. The zero-order chi connectivity index (χ0) is 19.1. The topological polar surface area (TPSA) is 71.5 Å². The number of ether oxygens (including phenoxy) is 1. The van der Waals surface area contributed by atoms with Crippen LogP contribution in [0.2, 0.25) is 0 Å². The molecule has 7 heteroatoms. The molecule has 1 aliphatic heterocycles. The van der Waals surface area contributed by atoms with E-state index < -0.39 is 10.0 Å². The summed E-state index contributed by atoms with van der Waals surface area (Å²) in [5, 5.41) is 0. The highest BCUT2D eigenvalue weighted by atomic mass is 32.2. The average Bonchev–Trinajstić information content (AvgIpc) is 2.68. The Morgan fingerprint density at radius 1 is 1.19 bits per heavy atom. The van der Waals surface area contributed by atoms with Crippen molar-refractivity contribution in [1.29, 1.82) is 0 Å². The van der Waals surface area contributed by atoms with Crippen molar-refractivity contribution in [3.8, 4) is 5.75 Å². The lowest BCUT2D eigenvalue weighted by Crippen LogP contribution is -2.38. The smallest absolute Gasteiger partial charge is 0.215 e. The minimum atomic E-state index is -3.35. The Balaban J connectivity index is 1.43. The van der Waals surface area contributed by atoms with E-state index in [-0.39, 0.29) is 5.75 Å². The van der Waals surface area contributed by atoms with Crippen LogP contribution in [0.25, 0.3) is 0 Å². The number of nitrogens with zero attached hydrogens (tertiary/aromatic N) is 2. The van der Waals surface area contributed by atoms with Crippen LogP contribution in [-0.2, 0) is 22.3 Å². The van der Waals surface area contributed by atoms with E-state index in [0.717, 1.165) is 38.0 Å². The first kappa shape index (κ1) is 19.8. The van der Waals surface area contributed by atoms with Crippen molar-refractivity contribution in [2.75, 3.05) is 26.7 Å². The van der Waals surface area contributed by atoms with Crippen molar-refractivity contribution < 1.29 is 13.2 Å². The normalized spacial score (nSPS) is 16.3. The number of methoxy groups -OCH3 is 1. The molecule has 0 amide bonds. The molecule has 6 nitrogen and oxygen atoms in total. The van der Waals surface area contributed by atoms with Crippen LogP contribution in [0.5, 0.6) is 5.75 Å². The molecule has 2 aromatic rings. The number of nitrogens with one attached hydrogen (secondary N) is 1. The van der Waals surface area contributed by atoms with E-state index in [9.17, 15) is 8.42 Å². The van der Waals surface area contributed by atoms with Gasteiger partial charge in [-0.05, 0) is 61.2 Å². The number of pyridine rings is 1. The molecule has 0 radical (unpaired) electrons. The van der Waals surface area contributed by atoms with E-state index in [1.807, 2.05) is 24.4 Å². The van der Waals surface area contributed by atoms with Gasteiger partial charge in [-0.3, -0.25) is 9.88 Å². The standard InChI is InChI=1S/C20H27N3O3S/c1-26-20-6-2-4-18(12-20)16-27(24,25)22-14-17-7-10-23(11-8-17)15-19-5-3-9-21-13-19/h2-6,9,12-13,17,22H,7-8,10-11,14-16H2,1H3. The number of piperidine rings is 1. The highest BCUT2D eigenvalue weighted by Gasteiger charge is 2.21. The lowest BCUT2D eigenvalue weighted by Gasteiger charge is -2.31. The third kappa shape index (κ3) is 6.30. The van der Waals surface area contributed by atoms with Gasteiger partial charge in [-0.15, -0.1) is 0 Å². The minimum Gasteiger partial charge on any atom is -0.497 e.